The largest absolute Gasteiger partial charge is 0.550 e. The molecule has 1 aromatic rings. The summed E-state index contributed by atoms with van der Waals surface area (Å²) >= 11 is 0. The number of carboxylic acid groups (broad SMARTS) is 1. The standard InChI is InChI=1S/C20H25NO4/c1-2-3-4-11-25-16-9-7-15(8-10-16)21-19(22)17-13-5-6-14(12-13)18(17)20(23)24/h5-10,13-14,17-18H,2-4,11-12H2,1H3,(H,21,22)(H,23,24)/p-1/t13-,14+,17-,18+/m1/s1. The number of benzene rings is 1. The molecule has 0 saturated heterocycles. The zero-order chi connectivity index (χ0) is 17.8. The molecule has 1 saturated carbocycles. The summed E-state index contributed by atoms with van der Waals surface area (Å²) in [5, 5.41) is 14.2. The zero-order valence-corrected chi connectivity index (χ0v) is 14.4. The number of allylic oxidation sites excluding steroid dienone is 2. The maximum atomic E-state index is 12.6. The maximum Gasteiger partial charge on any atom is 0.228 e. The Morgan fingerprint density at radius 3 is 2.44 bits per heavy atom. The van der Waals surface area contributed by atoms with E-state index >= 15 is 0 Å². The molecule has 0 unspecified atom stereocenters. The highest BCUT2D eigenvalue weighted by Gasteiger charge is 2.48. The van der Waals surface area contributed by atoms with Crippen LogP contribution < -0.4 is 15.2 Å². The van der Waals surface area contributed by atoms with Crippen LogP contribution in [-0.4, -0.2) is 18.5 Å². The van der Waals surface area contributed by atoms with Crippen LogP contribution >= 0.6 is 0 Å². The number of amides is 1. The molecule has 0 aromatic heterocycles. The Morgan fingerprint density at radius 1 is 1.12 bits per heavy atom. The first-order valence-electron chi connectivity index (χ1n) is 9.03. The van der Waals surface area contributed by atoms with E-state index in [1.807, 2.05) is 24.3 Å². The summed E-state index contributed by atoms with van der Waals surface area (Å²) in [5.41, 5.74) is 0.648. The van der Waals surface area contributed by atoms with E-state index in [2.05, 4.69) is 12.2 Å². The number of carboxylic acids is 1. The second kappa shape index (κ2) is 7.72. The van der Waals surface area contributed by atoms with Crippen LogP contribution in [0.5, 0.6) is 5.75 Å². The van der Waals surface area contributed by atoms with E-state index in [0.29, 0.717) is 12.3 Å². The van der Waals surface area contributed by atoms with Crippen LogP contribution in [0, 0.1) is 23.7 Å². The van der Waals surface area contributed by atoms with Gasteiger partial charge in [-0.15, -0.1) is 0 Å². The molecule has 5 heteroatoms. The highest BCUT2D eigenvalue weighted by atomic mass is 16.5. The van der Waals surface area contributed by atoms with Gasteiger partial charge in [0.05, 0.1) is 12.5 Å². The van der Waals surface area contributed by atoms with E-state index in [1.165, 1.54) is 0 Å². The minimum atomic E-state index is -1.13. The van der Waals surface area contributed by atoms with Crippen molar-refractivity contribution in [2.45, 2.75) is 32.6 Å². The quantitative estimate of drug-likeness (QED) is 0.581. The number of unbranched alkanes of at least 4 members (excludes halogenated alkanes) is 2. The lowest BCUT2D eigenvalue weighted by molar-refractivity contribution is -0.313. The lowest BCUT2D eigenvalue weighted by Gasteiger charge is -2.27. The molecule has 1 amide bonds. The van der Waals surface area contributed by atoms with Crippen molar-refractivity contribution in [3.05, 3.63) is 36.4 Å². The summed E-state index contributed by atoms with van der Waals surface area (Å²) in [4.78, 5) is 24.0. The molecule has 0 radical (unpaired) electrons. The minimum absolute atomic E-state index is 0.00549. The number of hydrogen-bond acceptors (Lipinski definition) is 4. The molecule has 2 aliphatic rings. The predicted octanol–water partition coefficient (Wildman–Crippen LogP) is 2.38. The molecule has 3 rings (SSSR count). The smallest absolute Gasteiger partial charge is 0.228 e. The van der Waals surface area contributed by atoms with Crippen LogP contribution in [0.2, 0.25) is 0 Å². The molecule has 0 heterocycles. The number of aliphatic carboxylic acids is 1. The molecule has 25 heavy (non-hydrogen) atoms. The first-order valence-corrected chi connectivity index (χ1v) is 9.03. The fourth-order valence-corrected chi connectivity index (χ4v) is 3.90. The van der Waals surface area contributed by atoms with Gasteiger partial charge in [-0.3, -0.25) is 4.79 Å². The number of nitrogens with one attached hydrogen (secondary N) is 1. The zero-order valence-electron chi connectivity index (χ0n) is 14.4. The van der Waals surface area contributed by atoms with Gasteiger partial charge in [0.15, 0.2) is 0 Å². The maximum absolute atomic E-state index is 12.6. The van der Waals surface area contributed by atoms with Crippen molar-refractivity contribution in [1.82, 2.24) is 0 Å². The number of ether oxygens (including phenoxy) is 1. The molecule has 2 aliphatic carbocycles. The molecular formula is C20H24NO4-. The second-order valence-corrected chi connectivity index (χ2v) is 6.89. The van der Waals surface area contributed by atoms with Gasteiger partial charge in [-0.2, -0.15) is 0 Å². The molecule has 1 N–H and O–H groups in total. The Balaban J connectivity index is 1.58. The third-order valence-corrected chi connectivity index (χ3v) is 5.17. The van der Waals surface area contributed by atoms with Crippen molar-refractivity contribution in [3.8, 4) is 5.75 Å². The molecule has 1 aromatic carbocycles. The van der Waals surface area contributed by atoms with Crippen molar-refractivity contribution >= 4 is 17.6 Å². The van der Waals surface area contributed by atoms with Gasteiger partial charge in [-0.05, 0) is 48.9 Å². The third kappa shape index (κ3) is 3.86. The third-order valence-electron chi connectivity index (χ3n) is 5.17. The van der Waals surface area contributed by atoms with Gasteiger partial charge in [0, 0.05) is 17.6 Å². The molecule has 0 spiro atoms. The van der Waals surface area contributed by atoms with Gasteiger partial charge in [-0.25, -0.2) is 0 Å². The van der Waals surface area contributed by atoms with Crippen LogP contribution in [0.4, 0.5) is 5.69 Å². The van der Waals surface area contributed by atoms with E-state index in [0.717, 1.165) is 31.4 Å². The van der Waals surface area contributed by atoms with Crippen molar-refractivity contribution < 1.29 is 19.4 Å². The van der Waals surface area contributed by atoms with Crippen LogP contribution in [0.15, 0.2) is 36.4 Å². The molecule has 1 fully saturated rings. The number of hydrogen-bond donors (Lipinski definition) is 1. The molecule has 4 atom stereocenters. The number of carbonyl (C=O) groups excluding carboxylic acids is 2. The molecule has 134 valence electrons. The lowest BCUT2D eigenvalue weighted by Crippen LogP contribution is -2.42. The number of rotatable bonds is 8. The average Bonchev–Trinajstić information content (AvgIpc) is 3.21. The highest BCUT2D eigenvalue weighted by Crippen LogP contribution is 2.48. The Hall–Kier alpha value is -2.30. The minimum Gasteiger partial charge on any atom is -0.550 e. The Labute approximate surface area is 148 Å². The summed E-state index contributed by atoms with van der Waals surface area (Å²) < 4.78 is 5.65. The van der Waals surface area contributed by atoms with Crippen LogP contribution in [-0.2, 0) is 9.59 Å². The normalized spacial score (nSPS) is 26.6. The molecular weight excluding hydrogens is 318 g/mol. The Bertz CT molecular complexity index is 652. The first-order chi connectivity index (χ1) is 12.1. The van der Waals surface area contributed by atoms with Crippen LogP contribution in [0.3, 0.4) is 0 Å². The highest BCUT2D eigenvalue weighted by molar-refractivity contribution is 5.96. The number of carbonyl (C=O) groups is 2. The fourth-order valence-electron chi connectivity index (χ4n) is 3.90. The van der Waals surface area contributed by atoms with Gasteiger partial charge in [0.1, 0.15) is 5.75 Å². The summed E-state index contributed by atoms with van der Waals surface area (Å²) in [6, 6.07) is 7.20. The van der Waals surface area contributed by atoms with Crippen molar-refractivity contribution in [1.29, 1.82) is 0 Å². The van der Waals surface area contributed by atoms with Gasteiger partial charge in [-0.1, -0.05) is 31.9 Å². The first kappa shape index (κ1) is 17.5. The van der Waals surface area contributed by atoms with Crippen molar-refractivity contribution in [3.63, 3.8) is 0 Å². The van der Waals surface area contributed by atoms with Crippen LogP contribution in [0.1, 0.15) is 32.6 Å². The van der Waals surface area contributed by atoms with Gasteiger partial charge in [0.25, 0.3) is 0 Å². The van der Waals surface area contributed by atoms with E-state index < -0.39 is 17.8 Å². The number of anilines is 1. The van der Waals surface area contributed by atoms with E-state index in [4.69, 9.17) is 4.74 Å². The lowest BCUT2D eigenvalue weighted by atomic mass is 9.82. The Kier molecular flexibility index (Phi) is 5.41. The van der Waals surface area contributed by atoms with E-state index in [1.54, 1.807) is 12.1 Å². The fraction of sp³-hybridized carbons (Fsp3) is 0.500. The topological polar surface area (TPSA) is 78.5 Å². The molecule has 2 bridgehead atoms. The van der Waals surface area contributed by atoms with E-state index in [-0.39, 0.29) is 17.7 Å². The summed E-state index contributed by atoms with van der Waals surface area (Å²) in [5.74, 6) is -1.97. The van der Waals surface area contributed by atoms with Crippen LogP contribution in [0.25, 0.3) is 0 Å². The van der Waals surface area contributed by atoms with Gasteiger partial charge >= 0.3 is 0 Å². The van der Waals surface area contributed by atoms with Gasteiger partial charge < -0.3 is 20.0 Å². The monoisotopic (exact) mass is 342 g/mol. The number of fused-ring (bicyclic) bond motifs is 2. The molecule has 5 nitrogen and oxygen atoms in total. The Morgan fingerprint density at radius 2 is 1.80 bits per heavy atom. The summed E-state index contributed by atoms with van der Waals surface area (Å²) in [6.45, 7) is 2.83. The summed E-state index contributed by atoms with van der Waals surface area (Å²) in [7, 11) is 0. The van der Waals surface area contributed by atoms with Gasteiger partial charge in [0.2, 0.25) is 5.91 Å². The SMILES string of the molecule is CCCCCOc1ccc(NC(=O)[C@H]2[C@@H](C(=O)[O-])[C@H]3C=C[C@@H]2C3)cc1. The predicted molar refractivity (Wildman–Crippen MR) is 92.8 cm³/mol. The second-order valence-electron chi connectivity index (χ2n) is 6.89. The van der Waals surface area contributed by atoms with E-state index in [9.17, 15) is 14.7 Å². The molecule has 0 aliphatic heterocycles. The van der Waals surface area contributed by atoms with Crippen molar-refractivity contribution in [2.75, 3.05) is 11.9 Å². The average molecular weight is 342 g/mol. The van der Waals surface area contributed by atoms with Crippen molar-refractivity contribution in [2.24, 2.45) is 23.7 Å². The summed E-state index contributed by atoms with van der Waals surface area (Å²) in [6.07, 6.45) is 7.91.